The van der Waals surface area contributed by atoms with E-state index in [1.54, 1.807) is 49.7 Å². The summed E-state index contributed by atoms with van der Waals surface area (Å²) < 4.78 is 15.0. The Morgan fingerprint density at radius 1 is 0.955 bits per heavy atom. The van der Waals surface area contributed by atoms with E-state index in [0.29, 0.717) is 34.5 Å². The van der Waals surface area contributed by atoms with Crippen LogP contribution in [0.3, 0.4) is 0 Å². The maximum Gasteiger partial charge on any atom is 0.282 e. The zero-order chi connectivity index (χ0) is 30.4. The van der Waals surface area contributed by atoms with Crippen molar-refractivity contribution in [2.75, 3.05) is 7.11 Å². The lowest BCUT2D eigenvalue weighted by Crippen LogP contribution is -2.20. The third-order valence-electron chi connectivity index (χ3n) is 7.76. The van der Waals surface area contributed by atoms with Gasteiger partial charge in [0.05, 0.1) is 34.5 Å². The molecule has 4 aromatic carbocycles. The highest BCUT2D eigenvalue weighted by Crippen LogP contribution is 2.33. The van der Waals surface area contributed by atoms with E-state index in [9.17, 15) is 14.9 Å². The molecule has 0 atom stereocenters. The molecule has 3 aromatic heterocycles. The zero-order valence-corrected chi connectivity index (χ0v) is 23.8. The molecule has 44 heavy (non-hydrogen) atoms. The molecule has 0 saturated heterocycles. The number of para-hydroxylation sites is 2. The first-order valence-electron chi connectivity index (χ1n) is 13.9. The van der Waals surface area contributed by atoms with Crippen molar-refractivity contribution >= 4 is 44.7 Å². The molecule has 0 unspecified atom stereocenters. The smallest absolute Gasteiger partial charge is 0.282 e. The molecule has 0 amide bonds. The summed E-state index contributed by atoms with van der Waals surface area (Å²) in [5.74, 6) is 1.26. The standard InChI is InChI=1S/C34H25N5O5/c1-21-27(24-11-4-6-14-29(24)37(21)20-22-9-7-10-23(17-22)39(41)42)19-35-38-33(36-28-13-5-3-12-25(28)34(38)40)32-18-26-30(43-2)15-8-16-31(26)44-32/h3-19H,20H2,1-2H3. The fourth-order valence-corrected chi connectivity index (χ4v) is 5.60. The molecule has 0 aliphatic rings. The predicted octanol–water partition coefficient (Wildman–Crippen LogP) is 6.92. The molecular weight excluding hydrogens is 558 g/mol. The van der Waals surface area contributed by atoms with E-state index < -0.39 is 4.92 Å². The summed E-state index contributed by atoms with van der Waals surface area (Å²) in [5.41, 5.74) is 4.25. The maximum absolute atomic E-state index is 13.8. The van der Waals surface area contributed by atoms with Crippen LogP contribution in [0.15, 0.2) is 111 Å². The monoisotopic (exact) mass is 583 g/mol. The van der Waals surface area contributed by atoms with E-state index in [2.05, 4.69) is 4.57 Å². The van der Waals surface area contributed by atoms with Gasteiger partial charge in [0.15, 0.2) is 5.76 Å². The number of aromatic nitrogens is 3. The molecule has 0 N–H and O–H groups in total. The fourth-order valence-electron chi connectivity index (χ4n) is 5.60. The van der Waals surface area contributed by atoms with Crippen LogP contribution in [0, 0.1) is 17.0 Å². The maximum atomic E-state index is 13.8. The molecule has 216 valence electrons. The van der Waals surface area contributed by atoms with Gasteiger partial charge in [-0.2, -0.15) is 9.78 Å². The van der Waals surface area contributed by atoms with Crippen molar-refractivity contribution in [3.05, 3.63) is 134 Å². The van der Waals surface area contributed by atoms with Crippen LogP contribution in [-0.4, -0.2) is 32.5 Å². The van der Waals surface area contributed by atoms with Crippen molar-refractivity contribution < 1.29 is 14.1 Å². The Morgan fingerprint density at radius 3 is 2.55 bits per heavy atom. The first kappa shape index (κ1) is 26.8. The molecule has 10 heteroatoms. The van der Waals surface area contributed by atoms with Gasteiger partial charge in [0, 0.05) is 40.8 Å². The molecule has 10 nitrogen and oxygen atoms in total. The number of nitro groups is 1. The summed E-state index contributed by atoms with van der Waals surface area (Å²) >= 11 is 0. The van der Waals surface area contributed by atoms with Gasteiger partial charge in [0.2, 0.25) is 5.82 Å². The number of benzene rings is 4. The molecule has 0 spiro atoms. The Hall–Kier alpha value is -6.03. The molecule has 0 fully saturated rings. The molecule has 7 aromatic rings. The van der Waals surface area contributed by atoms with Crippen molar-refractivity contribution in [3.8, 4) is 17.3 Å². The van der Waals surface area contributed by atoms with Crippen LogP contribution < -0.4 is 10.3 Å². The average molecular weight is 584 g/mol. The number of methoxy groups -OCH3 is 1. The number of hydrogen-bond acceptors (Lipinski definition) is 7. The number of furan rings is 1. The van der Waals surface area contributed by atoms with Crippen molar-refractivity contribution in [1.29, 1.82) is 0 Å². The molecule has 0 aliphatic carbocycles. The highest BCUT2D eigenvalue weighted by Gasteiger charge is 2.19. The van der Waals surface area contributed by atoms with Crippen LogP contribution >= 0.6 is 0 Å². The van der Waals surface area contributed by atoms with Gasteiger partial charge in [-0.05, 0) is 48.9 Å². The van der Waals surface area contributed by atoms with E-state index >= 15 is 0 Å². The third-order valence-corrected chi connectivity index (χ3v) is 7.76. The van der Waals surface area contributed by atoms with Gasteiger partial charge >= 0.3 is 0 Å². The van der Waals surface area contributed by atoms with Crippen LogP contribution in [-0.2, 0) is 6.54 Å². The first-order valence-corrected chi connectivity index (χ1v) is 13.9. The Kier molecular flexibility index (Phi) is 6.51. The van der Waals surface area contributed by atoms with Gasteiger partial charge in [-0.1, -0.05) is 48.5 Å². The average Bonchev–Trinajstić information content (AvgIpc) is 3.59. The minimum Gasteiger partial charge on any atom is -0.496 e. The lowest BCUT2D eigenvalue weighted by atomic mass is 10.1. The van der Waals surface area contributed by atoms with Crippen molar-refractivity contribution in [1.82, 2.24) is 14.2 Å². The fraction of sp³-hybridized carbons (Fsp3) is 0.0882. The molecule has 7 rings (SSSR count). The summed E-state index contributed by atoms with van der Waals surface area (Å²) in [6, 6.07) is 28.9. The van der Waals surface area contributed by atoms with Gasteiger partial charge in [-0.15, -0.1) is 0 Å². The highest BCUT2D eigenvalue weighted by molar-refractivity contribution is 6.01. The van der Waals surface area contributed by atoms with Crippen LogP contribution in [0.2, 0.25) is 0 Å². The van der Waals surface area contributed by atoms with Gasteiger partial charge in [-0.25, -0.2) is 4.98 Å². The van der Waals surface area contributed by atoms with Gasteiger partial charge in [0.25, 0.3) is 11.2 Å². The van der Waals surface area contributed by atoms with Crippen molar-refractivity contribution in [3.63, 3.8) is 0 Å². The second kappa shape index (κ2) is 10.7. The number of nitro benzene ring substituents is 1. The summed E-state index contributed by atoms with van der Waals surface area (Å²) in [5, 5.41) is 18.2. The van der Waals surface area contributed by atoms with Crippen LogP contribution in [0.25, 0.3) is 44.4 Å². The molecule has 0 radical (unpaired) electrons. The molecule has 0 aliphatic heterocycles. The normalized spacial score (nSPS) is 11.7. The Morgan fingerprint density at radius 2 is 1.73 bits per heavy atom. The zero-order valence-electron chi connectivity index (χ0n) is 23.8. The molecule has 3 heterocycles. The number of non-ortho nitro benzene ring substituents is 1. The minimum atomic E-state index is -0.396. The number of nitrogens with zero attached hydrogens (tertiary/aromatic N) is 5. The minimum absolute atomic E-state index is 0.0392. The highest BCUT2D eigenvalue weighted by atomic mass is 16.6. The van der Waals surface area contributed by atoms with Crippen molar-refractivity contribution in [2.45, 2.75) is 13.5 Å². The number of rotatable bonds is 7. The lowest BCUT2D eigenvalue weighted by molar-refractivity contribution is -0.384. The van der Waals surface area contributed by atoms with Gasteiger partial charge in [0.1, 0.15) is 11.3 Å². The van der Waals surface area contributed by atoms with Crippen LogP contribution in [0.1, 0.15) is 16.8 Å². The summed E-state index contributed by atoms with van der Waals surface area (Å²) in [4.78, 5) is 29.6. The van der Waals surface area contributed by atoms with E-state index in [-0.39, 0.29) is 17.1 Å². The third kappa shape index (κ3) is 4.49. The number of fused-ring (bicyclic) bond motifs is 3. The quantitative estimate of drug-likeness (QED) is 0.114. The van der Waals surface area contributed by atoms with Crippen LogP contribution in [0.4, 0.5) is 5.69 Å². The van der Waals surface area contributed by atoms with E-state index in [1.165, 1.54) is 10.7 Å². The Bertz CT molecular complexity index is 2330. The van der Waals surface area contributed by atoms with Gasteiger partial charge in [-0.3, -0.25) is 14.9 Å². The first-order chi connectivity index (χ1) is 21.4. The van der Waals surface area contributed by atoms with E-state index in [0.717, 1.165) is 33.1 Å². The lowest BCUT2D eigenvalue weighted by Gasteiger charge is -2.09. The number of hydrogen-bond donors (Lipinski definition) is 0. The molecule has 0 bridgehead atoms. The van der Waals surface area contributed by atoms with Gasteiger partial charge < -0.3 is 13.7 Å². The predicted molar refractivity (Wildman–Crippen MR) is 170 cm³/mol. The summed E-state index contributed by atoms with van der Waals surface area (Å²) in [7, 11) is 1.59. The second-order valence-corrected chi connectivity index (χ2v) is 10.3. The summed E-state index contributed by atoms with van der Waals surface area (Å²) in [6.07, 6.45) is 1.66. The molecule has 0 saturated carbocycles. The Balaban J connectivity index is 1.39. The SMILES string of the molecule is COc1cccc2oc(-c3nc4ccccc4c(=O)n3N=Cc3c(C)n(Cc4cccc([N+](=O)[O-])c4)c4ccccc34)cc12. The summed E-state index contributed by atoms with van der Waals surface area (Å²) in [6.45, 7) is 2.39. The van der Waals surface area contributed by atoms with Crippen molar-refractivity contribution in [2.24, 2.45) is 5.10 Å². The second-order valence-electron chi connectivity index (χ2n) is 10.3. The number of ether oxygens (including phenoxy) is 1. The van der Waals surface area contributed by atoms with E-state index in [4.69, 9.17) is 19.2 Å². The van der Waals surface area contributed by atoms with E-state index in [1.807, 2.05) is 61.5 Å². The van der Waals surface area contributed by atoms with Crippen LogP contribution in [0.5, 0.6) is 5.75 Å². The molecular formula is C34H25N5O5. The Labute approximate surface area is 250 Å². The topological polar surface area (TPSA) is 118 Å². The largest absolute Gasteiger partial charge is 0.496 e.